The fraction of sp³-hybridized carbons (Fsp3) is 0.407. The van der Waals surface area contributed by atoms with Crippen molar-refractivity contribution in [3.63, 3.8) is 0 Å². The maximum Gasteiger partial charge on any atom is 0.146 e. The van der Waals surface area contributed by atoms with Crippen molar-refractivity contribution >= 4 is 21.1 Å². The zero-order valence-electron chi connectivity index (χ0n) is 20.0. The Morgan fingerprint density at radius 2 is 1.55 bits per heavy atom. The van der Waals surface area contributed by atoms with Crippen LogP contribution in [0.2, 0.25) is 0 Å². The molecule has 1 aliphatic rings. The van der Waals surface area contributed by atoms with Gasteiger partial charge in [-0.2, -0.15) is 0 Å². The molecule has 0 heterocycles. The summed E-state index contributed by atoms with van der Waals surface area (Å²) in [6, 6.07) is 12.8. The summed E-state index contributed by atoms with van der Waals surface area (Å²) in [6.45, 7) is 9.05. The highest BCUT2D eigenvalue weighted by molar-refractivity contribution is 8.30. The molecule has 166 valence electrons. The van der Waals surface area contributed by atoms with Gasteiger partial charge in [0.15, 0.2) is 0 Å². The molecule has 0 radical (unpaired) electrons. The molecule has 0 N–H and O–H groups in total. The van der Waals surface area contributed by atoms with Crippen molar-refractivity contribution < 1.29 is 13.7 Å². The number of aryl methyl sites for hydroxylation is 1. The van der Waals surface area contributed by atoms with E-state index < -0.39 is 10.3 Å². The molecule has 0 saturated heterocycles. The van der Waals surface area contributed by atoms with Gasteiger partial charge in [-0.05, 0) is 91.6 Å². The molecule has 4 heteroatoms. The Morgan fingerprint density at radius 3 is 2.16 bits per heavy atom. The van der Waals surface area contributed by atoms with Crippen LogP contribution >= 0.6 is 10.3 Å². The average molecular weight is 439 g/mol. The third kappa shape index (κ3) is 3.55. The first-order valence-electron chi connectivity index (χ1n) is 10.9. The molecule has 0 fully saturated rings. The van der Waals surface area contributed by atoms with Gasteiger partial charge in [0.1, 0.15) is 17.2 Å². The number of rotatable bonds is 5. The lowest BCUT2D eigenvalue weighted by molar-refractivity contribution is 0.414. The van der Waals surface area contributed by atoms with E-state index in [1.54, 1.807) is 14.2 Å². The second-order valence-electron chi connectivity index (χ2n) is 9.56. The smallest absolute Gasteiger partial charge is 0.146 e. The summed E-state index contributed by atoms with van der Waals surface area (Å²) in [6.07, 6.45) is 6.36. The fourth-order valence-corrected chi connectivity index (χ4v) is 5.12. The van der Waals surface area contributed by atoms with E-state index in [4.69, 9.17) is 13.7 Å². The zero-order valence-corrected chi connectivity index (χ0v) is 20.8. The Bertz CT molecular complexity index is 1160. The first-order valence-corrected chi connectivity index (χ1v) is 13.2. The number of ether oxygens (including phenoxy) is 2. The molecule has 0 aliphatic heterocycles. The van der Waals surface area contributed by atoms with Crippen LogP contribution in [0.15, 0.2) is 36.4 Å². The highest BCUT2D eigenvalue weighted by atomic mass is 32.3. The molecule has 3 nitrogen and oxygen atoms in total. The van der Waals surface area contributed by atoms with E-state index >= 15 is 0 Å². The van der Waals surface area contributed by atoms with Gasteiger partial charge >= 0.3 is 0 Å². The van der Waals surface area contributed by atoms with E-state index in [0.29, 0.717) is 0 Å². The van der Waals surface area contributed by atoms with Gasteiger partial charge in [0.2, 0.25) is 0 Å². The normalized spacial score (nSPS) is 13.7. The van der Waals surface area contributed by atoms with Crippen LogP contribution in [0.4, 0.5) is 0 Å². The molecule has 0 atom stereocenters. The van der Waals surface area contributed by atoms with Crippen LogP contribution in [0, 0.1) is 0 Å². The number of benzene rings is 3. The molecular weight excluding hydrogens is 404 g/mol. The van der Waals surface area contributed by atoms with Crippen molar-refractivity contribution in [3.05, 3.63) is 53.1 Å². The molecule has 4 rings (SSSR count). The lowest BCUT2D eigenvalue weighted by Crippen LogP contribution is -2.27. The van der Waals surface area contributed by atoms with Crippen LogP contribution in [0.3, 0.4) is 0 Å². The molecule has 3 aromatic carbocycles. The number of fused-ring (bicyclic) bond motifs is 4. The van der Waals surface area contributed by atoms with Crippen molar-refractivity contribution in [2.45, 2.75) is 45.3 Å². The summed E-state index contributed by atoms with van der Waals surface area (Å²) in [5.74, 6) is 2.78. The van der Waals surface area contributed by atoms with Crippen LogP contribution in [0.25, 0.3) is 21.9 Å². The fourth-order valence-electron chi connectivity index (χ4n) is 4.26. The second-order valence-corrected chi connectivity index (χ2v) is 13.4. The van der Waals surface area contributed by atoms with Gasteiger partial charge in [0.25, 0.3) is 0 Å². The summed E-state index contributed by atoms with van der Waals surface area (Å²) >= 11 is 0. The molecule has 31 heavy (non-hydrogen) atoms. The predicted molar refractivity (Wildman–Crippen MR) is 134 cm³/mol. The zero-order chi connectivity index (χ0) is 22.6. The number of hydrogen-bond acceptors (Lipinski definition) is 3. The molecule has 0 amide bonds. The SMILES string of the molecule is CCc1c2c(c(OS(C)(C)C(C)(C)C)c3cc(OC)ccc13)Cc1cc(OC)ccc1-2. The lowest BCUT2D eigenvalue weighted by Gasteiger charge is -2.44. The molecule has 3 aromatic rings. The first kappa shape index (κ1) is 21.9. The molecule has 1 aliphatic carbocycles. The standard InChI is InChI=1S/C27H34O3S/c1-9-20-22-13-11-19(29-6)16-23(22)26(30-31(7,8)27(2,3)4)24-15-17-14-18(28-5)10-12-21(17)25(20)24/h10-14,16H,9,15H2,1-8H3. The summed E-state index contributed by atoms with van der Waals surface area (Å²) in [7, 11) is 2.08. The van der Waals surface area contributed by atoms with E-state index in [0.717, 1.165) is 35.5 Å². The van der Waals surface area contributed by atoms with Gasteiger partial charge in [-0.3, -0.25) is 0 Å². The van der Waals surface area contributed by atoms with Crippen LogP contribution in [0.5, 0.6) is 17.2 Å². The molecule has 0 aromatic heterocycles. The van der Waals surface area contributed by atoms with E-state index in [-0.39, 0.29) is 4.75 Å². The Balaban J connectivity index is 2.05. The van der Waals surface area contributed by atoms with Crippen LogP contribution in [-0.4, -0.2) is 31.5 Å². The third-order valence-electron chi connectivity index (χ3n) is 6.74. The van der Waals surface area contributed by atoms with Gasteiger partial charge in [0, 0.05) is 22.1 Å². The minimum Gasteiger partial charge on any atom is -0.497 e. The first-order chi connectivity index (χ1) is 14.6. The molecular formula is C27H34O3S. The van der Waals surface area contributed by atoms with Crippen LogP contribution in [-0.2, 0) is 12.8 Å². The Morgan fingerprint density at radius 1 is 0.903 bits per heavy atom. The van der Waals surface area contributed by atoms with Crippen molar-refractivity contribution in [2.75, 3.05) is 26.7 Å². The van der Waals surface area contributed by atoms with Crippen molar-refractivity contribution in [2.24, 2.45) is 0 Å². The van der Waals surface area contributed by atoms with Crippen molar-refractivity contribution in [1.82, 2.24) is 0 Å². The highest BCUT2D eigenvalue weighted by Crippen LogP contribution is 2.58. The van der Waals surface area contributed by atoms with Gasteiger partial charge in [0.05, 0.1) is 14.2 Å². The van der Waals surface area contributed by atoms with Gasteiger partial charge in [-0.25, -0.2) is 0 Å². The van der Waals surface area contributed by atoms with E-state index in [9.17, 15) is 0 Å². The van der Waals surface area contributed by atoms with Gasteiger partial charge in [-0.15, -0.1) is 0 Å². The van der Waals surface area contributed by atoms with Gasteiger partial charge in [-0.1, -0.05) is 29.4 Å². The molecule has 0 saturated carbocycles. The second kappa shape index (κ2) is 7.67. The molecule has 0 spiro atoms. The van der Waals surface area contributed by atoms with Gasteiger partial charge < -0.3 is 13.7 Å². The highest BCUT2D eigenvalue weighted by Gasteiger charge is 2.34. The minimum atomic E-state index is -1.37. The predicted octanol–water partition coefficient (Wildman–Crippen LogP) is 7.15. The molecule has 0 unspecified atom stereocenters. The largest absolute Gasteiger partial charge is 0.497 e. The maximum absolute atomic E-state index is 7.01. The van der Waals surface area contributed by atoms with E-state index in [2.05, 4.69) is 76.6 Å². The average Bonchev–Trinajstić information content (AvgIpc) is 3.11. The summed E-state index contributed by atoms with van der Waals surface area (Å²) in [5.41, 5.74) is 6.63. The Hall–Kier alpha value is -2.33. The topological polar surface area (TPSA) is 27.7 Å². The van der Waals surface area contributed by atoms with E-state index in [1.807, 2.05) is 0 Å². The minimum absolute atomic E-state index is 0.0587. The summed E-state index contributed by atoms with van der Waals surface area (Å²) in [4.78, 5) is 0. The van der Waals surface area contributed by atoms with Crippen LogP contribution < -0.4 is 13.7 Å². The van der Waals surface area contributed by atoms with Crippen molar-refractivity contribution in [1.29, 1.82) is 0 Å². The lowest BCUT2D eigenvalue weighted by atomic mass is 9.91. The maximum atomic E-state index is 7.01. The third-order valence-corrected chi connectivity index (χ3v) is 10.3. The quantitative estimate of drug-likeness (QED) is 0.331. The van der Waals surface area contributed by atoms with Crippen LogP contribution in [0.1, 0.15) is 44.4 Å². The molecule has 0 bridgehead atoms. The van der Waals surface area contributed by atoms with E-state index in [1.165, 1.54) is 33.2 Å². The number of hydrogen-bond donors (Lipinski definition) is 0. The monoisotopic (exact) mass is 438 g/mol. The van der Waals surface area contributed by atoms with Crippen molar-refractivity contribution in [3.8, 4) is 28.4 Å². The Labute approximate surface area is 188 Å². The number of methoxy groups -OCH3 is 2. The summed E-state index contributed by atoms with van der Waals surface area (Å²) < 4.78 is 18.2. The summed E-state index contributed by atoms with van der Waals surface area (Å²) in [5, 5.41) is 2.41. The Kier molecular flexibility index (Phi) is 5.41.